The lowest BCUT2D eigenvalue weighted by Gasteiger charge is -2.20. The van der Waals surface area contributed by atoms with Gasteiger partial charge in [-0.25, -0.2) is 0 Å². The second-order valence-corrected chi connectivity index (χ2v) is 5.26. The van der Waals surface area contributed by atoms with Crippen LogP contribution in [0.5, 0.6) is 0 Å². The molecular weight excluding hydrogens is 226 g/mol. The highest BCUT2D eigenvalue weighted by atomic mass is 16.1. The zero-order chi connectivity index (χ0) is 12.5. The molecule has 0 radical (unpaired) electrons. The van der Waals surface area contributed by atoms with Gasteiger partial charge >= 0.3 is 0 Å². The van der Waals surface area contributed by atoms with Gasteiger partial charge in [-0.3, -0.25) is 4.79 Å². The highest BCUT2D eigenvalue weighted by Gasteiger charge is 2.20. The van der Waals surface area contributed by atoms with Crippen LogP contribution in [0.25, 0.3) is 0 Å². The second-order valence-electron chi connectivity index (χ2n) is 5.26. The lowest BCUT2D eigenvalue weighted by atomic mass is 10.0. The summed E-state index contributed by atoms with van der Waals surface area (Å²) in [5, 5.41) is 2.85. The van der Waals surface area contributed by atoms with Gasteiger partial charge in [0.2, 0.25) is 5.91 Å². The molecule has 1 atom stereocenters. The first-order valence-electron chi connectivity index (χ1n) is 6.63. The van der Waals surface area contributed by atoms with Gasteiger partial charge in [-0.15, -0.1) is 0 Å². The number of hydrogen-bond acceptors (Lipinski definition) is 3. The zero-order valence-electron chi connectivity index (χ0n) is 10.5. The van der Waals surface area contributed by atoms with E-state index in [1.54, 1.807) is 0 Å². The number of benzene rings is 1. The van der Waals surface area contributed by atoms with Gasteiger partial charge in [0.05, 0.1) is 6.42 Å². The Hall–Kier alpha value is -1.39. The average Bonchev–Trinajstić information content (AvgIpc) is 2.95. The summed E-state index contributed by atoms with van der Waals surface area (Å²) in [5.74, 6) is 0.0789. The molecule has 4 nitrogen and oxygen atoms in total. The Labute approximate surface area is 107 Å². The number of carbonyl (C=O) groups excluding carboxylic acids is 1. The molecule has 1 aromatic carbocycles. The van der Waals surface area contributed by atoms with Crippen LogP contribution >= 0.6 is 0 Å². The van der Waals surface area contributed by atoms with Crippen LogP contribution in [0.1, 0.15) is 30.0 Å². The number of amides is 1. The molecule has 2 heterocycles. The van der Waals surface area contributed by atoms with Gasteiger partial charge in [-0.2, -0.15) is 0 Å². The third kappa shape index (κ3) is 2.26. The first-order valence-corrected chi connectivity index (χ1v) is 6.63. The Morgan fingerprint density at radius 3 is 2.89 bits per heavy atom. The van der Waals surface area contributed by atoms with Gasteiger partial charge in [-0.1, -0.05) is 12.1 Å². The average molecular weight is 245 g/mol. The third-order valence-corrected chi connectivity index (χ3v) is 3.84. The molecule has 0 aliphatic carbocycles. The van der Waals surface area contributed by atoms with E-state index in [1.807, 2.05) is 12.1 Å². The van der Waals surface area contributed by atoms with Crippen LogP contribution in [0.3, 0.4) is 0 Å². The molecule has 96 valence electrons. The SMILES string of the molecule is NC(CN1CCCC1)c1ccc2c(c1)CC(=O)N2. The topological polar surface area (TPSA) is 58.4 Å². The highest BCUT2D eigenvalue weighted by molar-refractivity contribution is 5.99. The quantitative estimate of drug-likeness (QED) is 0.843. The van der Waals surface area contributed by atoms with Crippen LogP contribution < -0.4 is 11.1 Å². The van der Waals surface area contributed by atoms with E-state index < -0.39 is 0 Å². The van der Waals surface area contributed by atoms with E-state index in [9.17, 15) is 4.79 Å². The number of hydrogen-bond donors (Lipinski definition) is 2. The fourth-order valence-electron chi connectivity index (χ4n) is 2.83. The summed E-state index contributed by atoms with van der Waals surface area (Å²) in [7, 11) is 0. The lowest BCUT2D eigenvalue weighted by Crippen LogP contribution is -2.29. The summed E-state index contributed by atoms with van der Waals surface area (Å²) in [6.45, 7) is 3.25. The Bertz CT molecular complexity index is 466. The maximum Gasteiger partial charge on any atom is 0.228 e. The summed E-state index contributed by atoms with van der Waals surface area (Å²) in [6, 6.07) is 6.13. The van der Waals surface area contributed by atoms with Crippen LogP contribution in [-0.4, -0.2) is 30.4 Å². The first-order chi connectivity index (χ1) is 8.72. The number of nitrogens with one attached hydrogen (secondary N) is 1. The van der Waals surface area contributed by atoms with Gasteiger partial charge in [0.25, 0.3) is 0 Å². The van der Waals surface area contributed by atoms with Crippen molar-refractivity contribution in [2.75, 3.05) is 25.0 Å². The molecule has 3 rings (SSSR count). The highest BCUT2D eigenvalue weighted by Crippen LogP contribution is 2.26. The van der Waals surface area contributed by atoms with Gasteiger partial charge in [-0.05, 0) is 43.1 Å². The fraction of sp³-hybridized carbons (Fsp3) is 0.500. The molecule has 0 spiro atoms. The molecule has 1 unspecified atom stereocenters. The standard InChI is InChI=1S/C14H19N3O/c15-12(9-17-5-1-2-6-17)10-3-4-13-11(7-10)8-14(18)16-13/h3-4,7,12H,1-2,5-6,8-9,15H2,(H,16,18). The first kappa shape index (κ1) is 11.7. The van der Waals surface area contributed by atoms with Crippen LogP contribution in [0.2, 0.25) is 0 Å². The minimum Gasteiger partial charge on any atom is -0.326 e. The van der Waals surface area contributed by atoms with Crippen molar-refractivity contribution in [3.05, 3.63) is 29.3 Å². The third-order valence-electron chi connectivity index (χ3n) is 3.84. The van der Waals surface area contributed by atoms with Crippen LogP contribution in [-0.2, 0) is 11.2 Å². The van der Waals surface area contributed by atoms with Crippen LogP contribution in [0.15, 0.2) is 18.2 Å². The molecule has 1 aromatic rings. The van der Waals surface area contributed by atoms with E-state index in [-0.39, 0.29) is 11.9 Å². The summed E-state index contributed by atoms with van der Waals surface area (Å²) in [5.41, 5.74) is 9.41. The number of carbonyl (C=O) groups is 1. The second kappa shape index (κ2) is 4.71. The van der Waals surface area contributed by atoms with Crippen molar-refractivity contribution in [2.24, 2.45) is 5.73 Å². The number of anilines is 1. The van der Waals surface area contributed by atoms with Crippen molar-refractivity contribution in [1.82, 2.24) is 4.90 Å². The molecule has 2 aliphatic heterocycles. The molecule has 2 aliphatic rings. The summed E-state index contributed by atoms with van der Waals surface area (Å²) in [4.78, 5) is 13.7. The van der Waals surface area contributed by atoms with Crippen molar-refractivity contribution in [2.45, 2.75) is 25.3 Å². The lowest BCUT2D eigenvalue weighted by molar-refractivity contribution is -0.115. The molecule has 1 saturated heterocycles. The number of fused-ring (bicyclic) bond motifs is 1. The van der Waals surface area contributed by atoms with Gasteiger partial charge in [0.15, 0.2) is 0 Å². The van der Waals surface area contributed by atoms with Gasteiger partial charge in [0.1, 0.15) is 0 Å². The molecule has 3 N–H and O–H groups in total. The van der Waals surface area contributed by atoms with Crippen molar-refractivity contribution in [3.63, 3.8) is 0 Å². The van der Waals surface area contributed by atoms with Gasteiger partial charge < -0.3 is 16.0 Å². The summed E-state index contributed by atoms with van der Waals surface area (Å²) >= 11 is 0. The molecule has 0 saturated carbocycles. The number of nitrogens with zero attached hydrogens (tertiary/aromatic N) is 1. The smallest absolute Gasteiger partial charge is 0.228 e. The van der Waals surface area contributed by atoms with E-state index >= 15 is 0 Å². The van der Waals surface area contributed by atoms with Crippen molar-refractivity contribution in [1.29, 1.82) is 0 Å². The minimum absolute atomic E-state index is 0.0455. The van der Waals surface area contributed by atoms with Crippen molar-refractivity contribution in [3.8, 4) is 0 Å². The fourth-order valence-corrected chi connectivity index (χ4v) is 2.83. The Morgan fingerprint density at radius 1 is 1.33 bits per heavy atom. The largest absolute Gasteiger partial charge is 0.326 e. The molecule has 18 heavy (non-hydrogen) atoms. The van der Waals surface area contributed by atoms with E-state index in [1.165, 1.54) is 25.9 Å². The van der Waals surface area contributed by atoms with E-state index in [4.69, 9.17) is 5.73 Å². The summed E-state index contributed by atoms with van der Waals surface area (Å²) in [6.07, 6.45) is 3.06. The normalized spacial score (nSPS) is 20.8. The molecular formula is C14H19N3O. The Kier molecular flexibility index (Phi) is 3.06. The predicted octanol–water partition coefficient (Wildman–Crippen LogP) is 1.28. The molecule has 1 fully saturated rings. The number of nitrogens with two attached hydrogens (primary N) is 1. The molecule has 0 bridgehead atoms. The van der Waals surface area contributed by atoms with Gasteiger partial charge in [0, 0.05) is 18.3 Å². The Balaban J connectivity index is 1.72. The minimum atomic E-state index is 0.0455. The van der Waals surface area contributed by atoms with Crippen molar-refractivity contribution < 1.29 is 4.79 Å². The van der Waals surface area contributed by atoms with E-state index in [0.29, 0.717) is 6.42 Å². The number of likely N-dealkylation sites (tertiary alicyclic amines) is 1. The molecule has 4 heteroatoms. The van der Waals surface area contributed by atoms with Crippen LogP contribution in [0.4, 0.5) is 5.69 Å². The van der Waals surface area contributed by atoms with Crippen LogP contribution in [0, 0.1) is 0 Å². The Morgan fingerprint density at radius 2 is 2.11 bits per heavy atom. The number of rotatable bonds is 3. The predicted molar refractivity (Wildman–Crippen MR) is 71.4 cm³/mol. The summed E-state index contributed by atoms with van der Waals surface area (Å²) < 4.78 is 0. The van der Waals surface area contributed by atoms with Crippen molar-refractivity contribution >= 4 is 11.6 Å². The molecule has 1 amide bonds. The van der Waals surface area contributed by atoms with E-state index in [0.717, 1.165) is 23.4 Å². The molecule has 0 aromatic heterocycles. The van der Waals surface area contributed by atoms with E-state index in [2.05, 4.69) is 16.3 Å². The maximum absolute atomic E-state index is 11.3. The maximum atomic E-state index is 11.3. The monoisotopic (exact) mass is 245 g/mol. The zero-order valence-corrected chi connectivity index (χ0v) is 10.5.